The highest BCUT2D eigenvalue weighted by Gasteiger charge is 2.35. The number of aromatic amines is 1. The SMILES string of the molecule is Cc1cc(C(F)(F)F)n2ncc(C(=O)NCCSc3cn[nH]n3)c2n1. The van der Waals surface area contributed by atoms with Gasteiger partial charge in [-0.05, 0) is 13.0 Å². The molecule has 0 saturated carbocycles. The number of fused-ring (bicyclic) bond motifs is 1. The molecule has 3 aromatic heterocycles. The van der Waals surface area contributed by atoms with Gasteiger partial charge in [0.15, 0.2) is 5.65 Å². The summed E-state index contributed by atoms with van der Waals surface area (Å²) >= 11 is 1.37. The zero-order valence-corrected chi connectivity index (χ0v) is 13.6. The van der Waals surface area contributed by atoms with E-state index in [-0.39, 0.29) is 16.9 Å². The second kappa shape index (κ2) is 6.70. The first-order valence-electron chi connectivity index (χ1n) is 7.05. The third-order valence-corrected chi connectivity index (χ3v) is 4.07. The number of halogens is 3. The first-order valence-corrected chi connectivity index (χ1v) is 8.04. The Bertz CT molecular complexity index is 891. The quantitative estimate of drug-likeness (QED) is 0.523. The van der Waals surface area contributed by atoms with Gasteiger partial charge in [-0.25, -0.2) is 9.50 Å². The molecular formula is C13H12F3N7OS. The van der Waals surface area contributed by atoms with Crippen molar-refractivity contribution >= 4 is 23.3 Å². The van der Waals surface area contributed by atoms with Crippen molar-refractivity contribution in [1.82, 2.24) is 35.3 Å². The Labute approximate surface area is 143 Å². The van der Waals surface area contributed by atoms with Crippen molar-refractivity contribution in [2.24, 2.45) is 0 Å². The van der Waals surface area contributed by atoms with E-state index in [0.29, 0.717) is 21.8 Å². The van der Waals surface area contributed by atoms with Crippen LogP contribution in [0.25, 0.3) is 5.65 Å². The summed E-state index contributed by atoms with van der Waals surface area (Å²) in [6.07, 6.45) is -1.97. The van der Waals surface area contributed by atoms with Gasteiger partial charge in [0.1, 0.15) is 16.3 Å². The van der Waals surface area contributed by atoms with E-state index >= 15 is 0 Å². The molecule has 0 bridgehead atoms. The number of thioether (sulfide) groups is 1. The van der Waals surface area contributed by atoms with Gasteiger partial charge in [0, 0.05) is 18.0 Å². The fourth-order valence-electron chi connectivity index (χ4n) is 2.12. The predicted octanol–water partition coefficient (Wildman–Crippen LogP) is 1.70. The molecule has 0 atom stereocenters. The number of alkyl halides is 3. The summed E-state index contributed by atoms with van der Waals surface area (Å²) in [6, 6.07) is 0.885. The summed E-state index contributed by atoms with van der Waals surface area (Å²) in [6.45, 7) is 1.73. The highest BCUT2D eigenvalue weighted by Crippen LogP contribution is 2.30. The van der Waals surface area contributed by atoms with Crippen LogP contribution in [-0.2, 0) is 6.18 Å². The van der Waals surface area contributed by atoms with Crippen molar-refractivity contribution in [3.05, 3.63) is 35.4 Å². The van der Waals surface area contributed by atoms with Gasteiger partial charge in [-0.3, -0.25) is 4.79 Å². The fraction of sp³-hybridized carbons (Fsp3) is 0.308. The number of carbonyl (C=O) groups is 1. The van der Waals surface area contributed by atoms with Gasteiger partial charge >= 0.3 is 6.18 Å². The molecule has 0 radical (unpaired) electrons. The molecule has 8 nitrogen and oxygen atoms in total. The van der Waals surface area contributed by atoms with E-state index in [1.807, 2.05) is 0 Å². The van der Waals surface area contributed by atoms with Crippen LogP contribution >= 0.6 is 11.8 Å². The molecule has 0 fully saturated rings. The maximum absolute atomic E-state index is 13.1. The second-order valence-electron chi connectivity index (χ2n) is 4.99. The van der Waals surface area contributed by atoms with Gasteiger partial charge in [-0.2, -0.15) is 28.6 Å². The minimum Gasteiger partial charge on any atom is -0.351 e. The average molecular weight is 371 g/mol. The fourth-order valence-corrected chi connectivity index (χ4v) is 2.77. The molecule has 25 heavy (non-hydrogen) atoms. The van der Waals surface area contributed by atoms with Crippen LogP contribution < -0.4 is 5.32 Å². The van der Waals surface area contributed by atoms with E-state index < -0.39 is 17.8 Å². The molecule has 3 rings (SSSR count). The van der Waals surface area contributed by atoms with Crippen LogP contribution in [-0.4, -0.2) is 48.2 Å². The van der Waals surface area contributed by atoms with Crippen molar-refractivity contribution in [2.45, 2.75) is 18.1 Å². The molecule has 0 aliphatic rings. The standard InChI is InChI=1S/C13H12F3N7OS/c1-7-4-9(13(14,15)16)23-11(20-7)8(5-19-23)12(24)17-2-3-25-10-6-18-22-21-10/h4-6H,2-3H2,1H3,(H,17,24)(H,18,21,22). The first-order chi connectivity index (χ1) is 11.9. The van der Waals surface area contributed by atoms with Crippen molar-refractivity contribution in [3.8, 4) is 0 Å². The number of nitrogens with one attached hydrogen (secondary N) is 2. The van der Waals surface area contributed by atoms with E-state index in [9.17, 15) is 18.0 Å². The molecule has 0 aliphatic carbocycles. The Morgan fingerprint density at radius 2 is 2.20 bits per heavy atom. The number of rotatable bonds is 5. The summed E-state index contributed by atoms with van der Waals surface area (Å²) in [7, 11) is 0. The van der Waals surface area contributed by atoms with Gasteiger partial charge in [0.2, 0.25) is 0 Å². The van der Waals surface area contributed by atoms with E-state index in [0.717, 1.165) is 12.3 Å². The van der Waals surface area contributed by atoms with Crippen LogP contribution in [0.5, 0.6) is 0 Å². The Morgan fingerprint density at radius 1 is 1.40 bits per heavy atom. The van der Waals surface area contributed by atoms with E-state index in [4.69, 9.17) is 0 Å². The molecule has 3 aromatic rings. The lowest BCUT2D eigenvalue weighted by atomic mass is 10.3. The topological polar surface area (TPSA) is 101 Å². The minimum absolute atomic E-state index is 0.0133. The molecule has 1 amide bonds. The Balaban J connectivity index is 1.74. The van der Waals surface area contributed by atoms with Crippen LogP contribution in [0.1, 0.15) is 21.7 Å². The Morgan fingerprint density at radius 3 is 2.88 bits per heavy atom. The largest absolute Gasteiger partial charge is 0.433 e. The van der Waals surface area contributed by atoms with Crippen LogP contribution in [0.15, 0.2) is 23.5 Å². The number of H-pyrrole nitrogens is 1. The van der Waals surface area contributed by atoms with Crippen LogP contribution in [0.2, 0.25) is 0 Å². The molecule has 12 heteroatoms. The normalized spacial score (nSPS) is 11.8. The monoisotopic (exact) mass is 371 g/mol. The number of carbonyl (C=O) groups excluding carboxylic acids is 1. The molecule has 3 heterocycles. The number of aryl methyl sites for hydroxylation is 1. The Hall–Kier alpha value is -2.63. The lowest BCUT2D eigenvalue weighted by Crippen LogP contribution is -2.26. The van der Waals surface area contributed by atoms with Crippen molar-refractivity contribution in [2.75, 3.05) is 12.3 Å². The van der Waals surface area contributed by atoms with E-state index in [2.05, 4.69) is 30.8 Å². The smallest absolute Gasteiger partial charge is 0.351 e. The maximum Gasteiger partial charge on any atom is 0.433 e. The number of aromatic nitrogens is 6. The lowest BCUT2D eigenvalue weighted by Gasteiger charge is -2.10. The van der Waals surface area contributed by atoms with Gasteiger partial charge in [-0.15, -0.1) is 16.9 Å². The number of nitrogens with zero attached hydrogens (tertiary/aromatic N) is 5. The van der Waals surface area contributed by atoms with E-state index in [1.165, 1.54) is 18.7 Å². The number of hydrogen-bond donors (Lipinski definition) is 2. The van der Waals surface area contributed by atoms with Gasteiger partial charge in [-0.1, -0.05) is 0 Å². The lowest BCUT2D eigenvalue weighted by molar-refractivity contribution is -0.142. The number of amides is 1. The van der Waals surface area contributed by atoms with Crippen LogP contribution in [0, 0.1) is 6.92 Å². The second-order valence-corrected chi connectivity index (χ2v) is 6.10. The Kier molecular flexibility index (Phi) is 4.61. The molecule has 0 aromatic carbocycles. The number of hydrogen-bond acceptors (Lipinski definition) is 6. The average Bonchev–Trinajstić information content (AvgIpc) is 3.19. The zero-order valence-electron chi connectivity index (χ0n) is 12.8. The molecule has 0 unspecified atom stereocenters. The minimum atomic E-state index is -4.60. The van der Waals surface area contributed by atoms with E-state index in [1.54, 1.807) is 6.20 Å². The molecule has 132 valence electrons. The molecular weight excluding hydrogens is 359 g/mol. The van der Waals surface area contributed by atoms with Crippen molar-refractivity contribution in [3.63, 3.8) is 0 Å². The summed E-state index contributed by atoms with van der Waals surface area (Å²) in [5.41, 5.74) is -0.971. The summed E-state index contributed by atoms with van der Waals surface area (Å²) in [5, 5.41) is 16.9. The zero-order chi connectivity index (χ0) is 18.0. The highest BCUT2D eigenvalue weighted by molar-refractivity contribution is 7.99. The summed E-state index contributed by atoms with van der Waals surface area (Å²) in [4.78, 5) is 16.2. The van der Waals surface area contributed by atoms with Crippen molar-refractivity contribution in [1.29, 1.82) is 0 Å². The third kappa shape index (κ3) is 3.73. The van der Waals surface area contributed by atoms with Crippen molar-refractivity contribution < 1.29 is 18.0 Å². The van der Waals surface area contributed by atoms with Gasteiger partial charge < -0.3 is 5.32 Å². The van der Waals surface area contributed by atoms with Crippen LogP contribution in [0.4, 0.5) is 13.2 Å². The third-order valence-electron chi connectivity index (χ3n) is 3.17. The molecule has 2 N–H and O–H groups in total. The summed E-state index contributed by atoms with van der Waals surface area (Å²) in [5.74, 6) is -0.0143. The first kappa shape index (κ1) is 17.2. The maximum atomic E-state index is 13.1. The van der Waals surface area contributed by atoms with Gasteiger partial charge in [0.05, 0.1) is 12.4 Å². The highest BCUT2D eigenvalue weighted by atomic mass is 32.2. The van der Waals surface area contributed by atoms with Crippen LogP contribution in [0.3, 0.4) is 0 Å². The molecule has 0 saturated heterocycles. The summed E-state index contributed by atoms with van der Waals surface area (Å²) < 4.78 is 39.9. The predicted molar refractivity (Wildman–Crippen MR) is 82.2 cm³/mol. The molecule has 0 spiro atoms. The van der Waals surface area contributed by atoms with Gasteiger partial charge in [0.25, 0.3) is 5.91 Å². The molecule has 0 aliphatic heterocycles.